The second kappa shape index (κ2) is 7.75. The van der Waals surface area contributed by atoms with Gasteiger partial charge in [-0.3, -0.25) is 0 Å². The molecule has 3 heterocycles. The minimum Gasteiger partial charge on any atom is -0.466 e. The van der Waals surface area contributed by atoms with Crippen molar-refractivity contribution < 1.29 is 9.47 Å². The molecule has 0 bridgehead atoms. The summed E-state index contributed by atoms with van der Waals surface area (Å²) >= 11 is 0. The molecular formula is C25H23N3O2. The number of pyridine rings is 1. The Hall–Kier alpha value is -3.47. The highest BCUT2D eigenvalue weighted by molar-refractivity contribution is 5.97. The molecule has 1 aromatic heterocycles. The molecule has 2 aliphatic heterocycles. The van der Waals surface area contributed by atoms with Crippen molar-refractivity contribution in [1.29, 1.82) is 0 Å². The van der Waals surface area contributed by atoms with Crippen LogP contribution in [0.2, 0.25) is 0 Å². The van der Waals surface area contributed by atoms with Crippen LogP contribution in [-0.4, -0.2) is 28.9 Å². The van der Waals surface area contributed by atoms with Crippen LogP contribution in [0, 0.1) is 0 Å². The van der Waals surface area contributed by atoms with Gasteiger partial charge < -0.3 is 9.47 Å². The fraction of sp³-hybridized carbons (Fsp3) is 0.240. The van der Waals surface area contributed by atoms with Crippen LogP contribution in [0.25, 0.3) is 0 Å². The number of hydrogen-bond acceptors (Lipinski definition) is 5. The van der Waals surface area contributed by atoms with Gasteiger partial charge in [0, 0.05) is 0 Å². The van der Waals surface area contributed by atoms with Crippen molar-refractivity contribution in [3.05, 3.63) is 101 Å². The first kappa shape index (κ1) is 18.6. The SMILES string of the molecule is C[C@H]1N=C(c2cccc(C3=N[C@H](C)[C@@H](c4ccccc4)O3)n2)O[C@@H]1c1ccccc1. The molecular weight excluding hydrogens is 374 g/mol. The van der Waals surface area contributed by atoms with Crippen molar-refractivity contribution in [2.75, 3.05) is 0 Å². The number of hydrogen-bond donors (Lipinski definition) is 0. The van der Waals surface area contributed by atoms with Gasteiger partial charge in [0.05, 0.1) is 12.1 Å². The van der Waals surface area contributed by atoms with E-state index in [1.165, 1.54) is 0 Å². The molecule has 30 heavy (non-hydrogen) atoms. The van der Waals surface area contributed by atoms with E-state index in [2.05, 4.69) is 38.1 Å². The molecule has 5 rings (SSSR count). The molecule has 0 fully saturated rings. The highest BCUT2D eigenvalue weighted by atomic mass is 16.5. The predicted octanol–water partition coefficient (Wildman–Crippen LogP) is 4.89. The van der Waals surface area contributed by atoms with Crippen molar-refractivity contribution in [2.24, 2.45) is 9.98 Å². The Labute approximate surface area is 176 Å². The van der Waals surface area contributed by atoms with E-state index < -0.39 is 0 Å². The number of nitrogens with zero attached hydrogens (tertiary/aromatic N) is 3. The summed E-state index contributed by atoms with van der Waals surface area (Å²) in [5.41, 5.74) is 3.62. The molecule has 3 aromatic rings. The largest absolute Gasteiger partial charge is 0.466 e. The first-order valence-electron chi connectivity index (χ1n) is 10.3. The van der Waals surface area contributed by atoms with E-state index in [0.29, 0.717) is 23.2 Å². The number of rotatable bonds is 4. The van der Waals surface area contributed by atoms with Crippen LogP contribution < -0.4 is 0 Å². The van der Waals surface area contributed by atoms with E-state index in [4.69, 9.17) is 24.4 Å². The van der Waals surface area contributed by atoms with Gasteiger partial charge in [-0.25, -0.2) is 15.0 Å². The van der Waals surface area contributed by atoms with Crippen molar-refractivity contribution in [1.82, 2.24) is 4.98 Å². The summed E-state index contributed by atoms with van der Waals surface area (Å²) in [6.07, 6.45) is -0.205. The van der Waals surface area contributed by atoms with Gasteiger partial charge in [0.25, 0.3) is 0 Å². The molecule has 0 saturated heterocycles. The lowest BCUT2D eigenvalue weighted by Gasteiger charge is -2.15. The summed E-state index contributed by atoms with van der Waals surface area (Å²) in [5.74, 6) is 1.12. The topological polar surface area (TPSA) is 56.1 Å². The summed E-state index contributed by atoms with van der Waals surface area (Å²) in [5, 5.41) is 0. The average molecular weight is 397 g/mol. The van der Waals surface area contributed by atoms with Crippen molar-refractivity contribution in [2.45, 2.75) is 38.1 Å². The molecule has 2 aliphatic rings. The second-order valence-corrected chi connectivity index (χ2v) is 7.66. The third kappa shape index (κ3) is 3.47. The quantitative estimate of drug-likeness (QED) is 0.629. The van der Waals surface area contributed by atoms with Crippen molar-refractivity contribution >= 4 is 11.8 Å². The Bertz CT molecular complexity index is 1010. The maximum atomic E-state index is 6.18. The lowest BCUT2D eigenvalue weighted by molar-refractivity contribution is 0.201. The predicted molar refractivity (Wildman–Crippen MR) is 117 cm³/mol. The molecule has 150 valence electrons. The molecule has 0 saturated carbocycles. The second-order valence-electron chi connectivity index (χ2n) is 7.66. The standard InChI is InChI=1S/C25H23N3O2/c1-16-22(18-10-5-3-6-11-18)29-24(26-16)20-14-9-15-21(28-20)25-27-17(2)23(30-25)19-12-7-4-8-13-19/h3-17,22-23H,1-2H3/t16-,17-,22+,23+/m1/s1. The smallest absolute Gasteiger partial charge is 0.236 e. The zero-order valence-electron chi connectivity index (χ0n) is 17.0. The lowest BCUT2D eigenvalue weighted by Crippen LogP contribution is -2.13. The van der Waals surface area contributed by atoms with E-state index in [1.807, 2.05) is 54.6 Å². The van der Waals surface area contributed by atoms with Crippen LogP contribution >= 0.6 is 0 Å². The molecule has 5 heteroatoms. The number of benzene rings is 2. The van der Waals surface area contributed by atoms with Crippen LogP contribution in [0.1, 0.15) is 48.6 Å². The molecule has 0 radical (unpaired) electrons. The fourth-order valence-corrected chi connectivity index (χ4v) is 3.91. The highest BCUT2D eigenvalue weighted by Gasteiger charge is 2.32. The van der Waals surface area contributed by atoms with Gasteiger partial charge in [0.15, 0.2) is 0 Å². The molecule has 5 nitrogen and oxygen atoms in total. The molecule has 2 aromatic carbocycles. The summed E-state index contributed by atoms with van der Waals surface area (Å²) in [7, 11) is 0. The average Bonchev–Trinajstić information content (AvgIpc) is 3.38. The first-order chi connectivity index (χ1) is 14.7. The minimum atomic E-state index is -0.103. The van der Waals surface area contributed by atoms with Gasteiger partial charge in [-0.05, 0) is 37.1 Å². The van der Waals surface area contributed by atoms with Gasteiger partial charge in [-0.15, -0.1) is 0 Å². The van der Waals surface area contributed by atoms with Crippen LogP contribution in [0.3, 0.4) is 0 Å². The number of ether oxygens (including phenoxy) is 2. The maximum Gasteiger partial charge on any atom is 0.236 e. The van der Waals surface area contributed by atoms with E-state index in [1.54, 1.807) is 0 Å². The van der Waals surface area contributed by atoms with E-state index in [0.717, 1.165) is 11.1 Å². The van der Waals surface area contributed by atoms with Crippen LogP contribution in [0.4, 0.5) is 0 Å². The van der Waals surface area contributed by atoms with E-state index in [-0.39, 0.29) is 24.3 Å². The van der Waals surface area contributed by atoms with Crippen molar-refractivity contribution in [3.63, 3.8) is 0 Å². The maximum absolute atomic E-state index is 6.18. The number of aliphatic imine (C=N–C) groups is 2. The first-order valence-corrected chi connectivity index (χ1v) is 10.3. The summed E-state index contributed by atoms with van der Waals surface area (Å²) in [6, 6.07) is 26.1. The van der Waals surface area contributed by atoms with Crippen LogP contribution in [0.15, 0.2) is 88.8 Å². The Morgan fingerprint density at radius 2 is 1.00 bits per heavy atom. The molecule has 0 aliphatic carbocycles. The molecule has 0 amide bonds. The molecule has 0 N–H and O–H groups in total. The Balaban J connectivity index is 1.37. The zero-order valence-corrected chi connectivity index (χ0v) is 17.0. The number of aromatic nitrogens is 1. The molecule has 0 unspecified atom stereocenters. The third-order valence-electron chi connectivity index (χ3n) is 5.44. The van der Waals surface area contributed by atoms with Gasteiger partial charge in [-0.2, -0.15) is 0 Å². The Morgan fingerprint density at radius 3 is 1.43 bits per heavy atom. The summed E-state index contributed by atoms with van der Waals surface area (Å²) < 4.78 is 12.4. The lowest BCUT2D eigenvalue weighted by atomic mass is 10.0. The summed E-state index contributed by atoms with van der Waals surface area (Å²) in [6.45, 7) is 4.12. The zero-order chi connectivity index (χ0) is 20.5. The Morgan fingerprint density at radius 1 is 0.567 bits per heavy atom. The van der Waals surface area contributed by atoms with Crippen molar-refractivity contribution in [3.8, 4) is 0 Å². The van der Waals surface area contributed by atoms with E-state index in [9.17, 15) is 0 Å². The summed E-state index contributed by atoms with van der Waals surface area (Å²) in [4.78, 5) is 14.2. The minimum absolute atomic E-state index is 0.0235. The third-order valence-corrected chi connectivity index (χ3v) is 5.44. The highest BCUT2D eigenvalue weighted by Crippen LogP contribution is 2.32. The van der Waals surface area contributed by atoms with Crippen LogP contribution in [0.5, 0.6) is 0 Å². The van der Waals surface area contributed by atoms with Gasteiger partial charge in [-0.1, -0.05) is 66.7 Å². The fourth-order valence-electron chi connectivity index (χ4n) is 3.91. The van der Waals surface area contributed by atoms with Crippen LogP contribution in [-0.2, 0) is 9.47 Å². The van der Waals surface area contributed by atoms with Gasteiger partial charge >= 0.3 is 0 Å². The van der Waals surface area contributed by atoms with Gasteiger partial charge in [0.1, 0.15) is 23.6 Å². The van der Waals surface area contributed by atoms with E-state index >= 15 is 0 Å². The Kier molecular flexibility index (Phi) is 4.79. The molecule has 4 atom stereocenters. The monoisotopic (exact) mass is 397 g/mol. The normalized spacial score (nSPS) is 25.3. The van der Waals surface area contributed by atoms with Gasteiger partial charge in [0.2, 0.25) is 11.8 Å². The molecule has 0 spiro atoms.